The van der Waals surface area contributed by atoms with Crippen LogP contribution in [0.1, 0.15) is 12.0 Å². The van der Waals surface area contributed by atoms with Crippen molar-refractivity contribution in [2.75, 3.05) is 6.54 Å². The number of rotatable bonds is 3. The van der Waals surface area contributed by atoms with Crippen LogP contribution in [0.2, 0.25) is 0 Å². The fraction of sp³-hybridized carbons (Fsp3) is 0.429. The molecule has 0 radical (unpaired) electrons. The lowest BCUT2D eigenvalue weighted by Gasteiger charge is -2.23. The highest BCUT2D eigenvalue weighted by molar-refractivity contribution is 5.83. The first-order chi connectivity index (χ1) is 10.3. The Morgan fingerprint density at radius 3 is 2.73 bits per heavy atom. The van der Waals surface area contributed by atoms with Gasteiger partial charge in [-0.2, -0.15) is 5.26 Å². The minimum absolute atomic E-state index is 0.103. The molecule has 8 heteroatoms. The molecule has 1 aliphatic heterocycles. The number of amides is 1. The van der Waals surface area contributed by atoms with E-state index < -0.39 is 41.6 Å². The molecular weight excluding hydrogens is 302 g/mol. The van der Waals surface area contributed by atoms with Crippen LogP contribution in [0.4, 0.5) is 17.6 Å². The SMILES string of the molecule is N#C[C@@H]1C[C@H](F)CN1C(=O)[C@@H](N)Cc1ccc(F)c(F)c1F. The van der Waals surface area contributed by atoms with Crippen LogP contribution in [0, 0.1) is 28.8 Å². The monoisotopic (exact) mass is 315 g/mol. The van der Waals surface area contributed by atoms with E-state index in [9.17, 15) is 22.4 Å². The van der Waals surface area contributed by atoms with Gasteiger partial charge < -0.3 is 10.6 Å². The molecule has 1 heterocycles. The van der Waals surface area contributed by atoms with Gasteiger partial charge in [0.15, 0.2) is 17.5 Å². The summed E-state index contributed by atoms with van der Waals surface area (Å²) in [7, 11) is 0. The summed E-state index contributed by atoms with van der Waals surface area (Å²) in [5, 5.41) is 8.88. The molecular formula is C14H13F4N3O. The molecule has 0 bridgehead atoms. The molecule has 2 rings (SSSR count). The smallest absolute Gasteiger partial charge is 0.241 e. The number of nitriles is 1. The Morgan fingerprint density at radius 1 is 1.41 bits per heavy atom. The fourth-order valence-corrected chi connectivity index (χ4v) is 2.41. The van der Waals surface area contributed by atoms with Gasteiger partial charge in [-0.1, -0.05) is 6.07 Å². The number of carbonyl (C=O) groups is 1. The van der Waals surface area contributed by atoms with Crippen molar-refractivity contribution in [1.82, 2.24) is 4.90 Å². The van der Waals surface area contributed by atoms with Crippen molar-refractivity contribution in [1.29, 1.82) is 5.26 Å². The van der Waals surface area contributed by atoms with E-state index in [1.54, 1.807) is 6.07 Å². The van der Waals surface area contributed by atoms with Gasteiger partial charge in [0.1, 0.15) is 12.2 Å². The van der Waals surface area contributed by atoms with E-state index in [4.69, 9.17) is 11.0 Å². The Kier molecular flexibility index (Phi) is 4.66. The van der Waals surface area contributed by atoms with Gasteiger partial charge in [-0.3, -0.25) is 4.79 Å². The molecule has 1 amide bonds. The summed E-state index contributed by atoms with van der Waals surface area (Å²) in [4.78, 5) is 13.1. The number of carbonyl (C=O) groups excluding carboxylic acids is 1. The van der Waals surface area contributed by atoms with Crippen molar-refractivity contribution in [2.45, 2.75) is 31.1 Å². The van der Waals surface area contributed by atoms with E-state index in [2.05, 4.69) is 0 Å². The van der Waals surface area contributed by atoms with Crippen molar-refractivity contribution in [2.24, 2.45) is 5.73 Å². The Labute approximate surface area is 124 Å². The first kappa shape index (κ1) is 16.2. The zero-order chi connectivity index (χ0) is 16.4. The zero-order valence-electron chi connectivity index (χ0n) is 11.4. The number of nitrogens with two attached hydrogens (primary N) is 1. The topological polar surface area (TPSA) is 70.1 Å². The summed E-state index contributed by atoms with van der Waals surface area (Å²) in [5.41, 5.74) is 5.38. The van der Waals surface area contributed by atoms with Gasteiger partial charge in [-0.05, 0) is 18.1 Å². The van der Waals surface area contributed by atoms with Crippen LogP contribution in [-0.4, -0.2) is 35.6 Å². The summed E-state index contributed by atoms with van der Waals surface area (Å²) >= 11 is 0. The van der Waals surface area contributed by atoms with E-state index in [1.165, 1.54) is 0 Å². The summed E-state index contributed by atoms with van der Waals surface area (Å²) < 4.78 is 52.8. The normalized spacial score (nSPS) is 22.5. The molecule has 1 aromatic carbocycles. The number of benzene rings is 1. The number of hydrogen-bond acceptors (Lipinski definition) is 3. The molecule has 0 aromatic heterocycles. The molecule has 1 fully saturated rings. The summed E-state index contributed by atoms with van der Waals surface area (Å²) in [6, 6.07) is 1.32. The molecule has 1 saturated heterocycles. The Balaban J connectivity index is 2.12. The lowest BCUT2D eigenvalue weighted by Crippen LogP contribution is -2.47. The zero-order valence-corrected chi connectivity index (χ0v) is 11.4. The quantitative estimate of drug-likeness (QED) is 0.678. The maximum Gasteiger partial charge on any atom is 0.241 e. The maximum absolute atomic E-state index is 13.6. The van der Waals surface area contributed by atoms with Gasteiger partial charge in [0, 0.05) is 6.42 Å². The van der Waals surface area contributed by atoms with E-state index in [1.807, 2.05) is 0 Å². The first-order valence-corrected chi connectivity index (χ1v) is 6.57. The highest BCUT2D eigenvalue weighted by Crippen LogP contribution is 2.22. The Bertz CT molecular complexity index is 631. The van der Waals surface area contributed by atoms with Gasteiger partial charge in [0.05, 0.1) is 18.7 Å². The number of nitrogens with zero attached hydrogens (tertiary/aromatic N) is 2. The molecule has 0 unspecified atom stereocenters. The minimum Gasteiger partial charge on any atom is -0.322 e. The van der Waals surface area contributed by atoms with Crippen molar-refractivity contribution < 1.29 is 22.4 Å². The third kappa shape index (κ3) is 3.04. The second-order valence-corrected chi connectivity index (χ2v) is 5.11. The molecule has 4 nitrogen and oxygen atoms in total. The van der Waals surface area contributed by atoms with E-state index >= 15 is 0 Å². The van der Waals surface area contributed by atoms with Crippen LogP contribution < -0.4 is 5.73 Å². The largest absolute Gasteiger partial charge is 0.322 e. The van der Waals surface area contributed by atoms with Crippen molar-refractivity contribution >= 4 is 5.91 Å². The van der Waals surface area contributed by atoms with Crippen LogP contribution in [-0.2, 0) is 11.2 Å². The Morgan fingerprint density at radius 2 is 2.09 bits per heavy atom. The molecule has 22 heavy (non-hydrogen) atoms. The third-order valence-corrected chi connectivity index (χ3v) is 3.55. The third-order valence-electron chi connectivity index (χ3n) is 3.55. The summed E-state index contributed by atoms with van der Waals surface area (Å²) in [6.07, 6.45) is -1.80. The second-order valence-electron chi connectivity index (χ2n) is 5.11. The van der Waals surface area contributed by atoms with Crippen LogP contribution >= 0.6 is 0 Å². The number of halogens is 4. The standard InChI is InChI=1S/C14H13F4N3O/c15-8-4-9(5-19)21(6-8)14(22)11(20)3-7-1-2-10(16)13(18)12(7)17/h1-2,8-9,11H,3-4,6,20H2/t8-,9-,11-/m0/s1. The molecule has 118 valence electrons. The number of alkyl halides is 1. The van der Waals surface area contributed by atoms with Gasteiger partial charge in [0.25, 0.3) is 0 Å². The highest BCUT2D eigenvalue weighted by atomic mass is 19.2. The van der Waals surface area contributed by atoms with E-state index in [-0.39, 0.29) is 24.9 Å². The molecule has 2 N–H and O–H groups in total. The highest BCUT2D eigenvalue weighted by Gasteiger charge is 2.37. The number of hydrogen-bond donors (Lipinski definition) is 1. The minimum atomic E-state index is -1.64. The molecule has 3 atom stereocenters. The lowest BCUT2D eigenvalue weighted by molar-refractivity contribution is -0.132. The summed E-state index contributed by atoms with van der Waals surface area (Å²) in [6.45, 7) is -0.259. The first-order valence-electron chi connectivity index (χ1n) is 6.57. The average Bonchev–Trinajstić information content (AvgIpc) is 2.88. The molecule has 0 aliphatic carbocycles. The molecule has 0 spiro atoms. The van der Waals surface area contributed by atoms with E-state index in [0.717, 1.165) is 17.0 Å². The van der Waals surface area contributed by atoms with Crippen LogP contribution in [0.5, 0.6) is 0 Å². The number of likely N-dealkylation sites (tertiary alicyclic amines) is 1. The van der Waals surface area contributed by atoms with Gasteiger partial charge in [0.2, 0.25) is 5.91 Å². The predicted octanol–water partition coefficient (Wildman–Crippen LogP) is 1.44. The predicted molar refractivity (Wildman–Crippen MR) is 68.6 cm³/mol. The van der Waals surface area contributed by atoms with Crippen molar-refractivity contribution in [3.63, 3.8) is 0 Å². The summed E-state index contributed by atoms with van der Waals surface area (Å²) in [5.74, 6) is -5.12. The second kappa shape index (κ2) is 6.32. The van der Waals surface area contributed by atoms with Crippen LogP contribution in [0.25, 0.3) is 0 Å². The Hall–Kier alpha value is -2.14. The van der Waals surface area contributed by atoms with Gasteiger partial charge in [-0.15, -0.1) is 0 Å². The maximum atomic E-state index is 13.6. The molecule has 0 saturated carbocycles. The van der Waals surface area contributed by atoms with Gasteiger partial charge >= 0.3 is 0 Å². The van der Waals surface area contributed by atoms with Crippen LogP contribution in [0.3, 0.4) is 0 Å². The van der Waals surface area contributed by atoms with Crippen LogP contribution in [0.15, 0.2) is 12.1 Å². The lowest BCUT2D eigenvalue weighted by atomic mass is 10.0. The van der Waals surface area contributed by atoms with E-state index in [0.29, 0.717) is 0 Å². The fourth-order valence-electron chi connectivity index (χ4n) is 2.41. The molecule has 1 aliphatic rings. The van der Waals surface area contributed by atoms with Crippen molar-refractivity contribution in [3.8, 4) is 6.07 Å². The van der Waals surface area contributed by atoms with Crippen molar-refractivity contribution in [3.05, 3.63) is 35.1 Å². The van der Waals surface area contributed by atoms with Gasteiger partial charge in [-0.25, -0.2) is 17.6 Å². The molecule has 1 aromatic rings. The average molecular weight is 315 g/mol.